The van der Waals surface area contributed by atoms with Gasteiger partial charge < -0.3 is 15.2 Å². The van der Waals surface area contributed by atoms with E-state index < -0.39 is 17.9 Å². The maximum Gasteiger partial charge on any atom is 0.326 e. The van der Waals surface area contributed by atoms with E-state index in [9.17, 15) is 14.7 Å². The standard InChI is InChI=1S/C32H38ClNO4S/c1-4-5-11-24(26-13-8-9-14-29(26)33)21-38-20-23-15-16-27(28(19-23)25-12-7-6-10-22(25)2)31(35)34-30(32(36)37)17-18-39-3/h6-10,12-16,19,24,30H,4-5,11,17-18,20-21H2,1-3H3,(H,34,35)(H,36,37)/t24?,30-/m0/s1. The average molecular weight is 568 g/mol. The normalized spacial score (nSPS) is 12.6. The lowest BCUT2D eigenvalue weighted by Crippen LogP contribution is -2.41. The molecular formula is C32H38ClNO4S. The Labute approximate surface area is 241 Å². The minimum Gasteiger partial charge on any atom is -0.480 e. The summed E-state index contributed by atoms with van der Waals surface area (Å²) >= 11 is 8.05. The number of carbonyl (C=O) groups is 2. The van der Waals surface area contributed by atoms with Crippen molar-refractivity contribution >= 4 is 35.2 Å². The van der Waals surface area contributed by atoms with Crippen molar-refractivity contribution in [3.05, 3.63) is 94.0 Å². The van der Waals surface area contributed by atoms with Crippen molar-refractivity contribution in [3.8, 4) is 11.1 Å². The number of benzene rings is 3. The molecule has 0 aromatic heterocycles. The lowest BCUT2D eigenvalue weighted by Gasteiger charge is -2.20. The third kappa shape index (κ3) is 8.85. The first-order chi connectivity index (χ1) is 18.8. The quantitative estimate of drug-likeness (QED) is 0.196. The van der Waals surface area contributed by atoms with Gasteiger partial charge in [-0.2, -0.15) is 11.8 Å². The molecule has 0 bridgehead atoms. The molecule has 0 heterocycles. The molecule has 0 aliphatic heterocycles. The van der Waals surface area contributed by atoms with Gasteiger partial charge >= 0.3 is 5.97 Å². The second-order valence-corrected chi connectivity index (χ2v) is 11.1. The fourth-order valence-corrected chi connectivity index (χ4v) is 5.37. The van der Waals surface area contributed by atoms with Crippen molar-refractivity contribution in [3.63, 3.8) is 0 Å². The fourth-order valence-electron chi connectivity index (χ4n) is 4.61. The highest BCUT2D eigenvalue weighted by atomic mass is 35.5. The summed E-state index contributed by atoms with van der Waals surface area (Å²) < 4.78 is 6.21. The van der Waals surface area contributed by atoms with Crippen LogP contribution in [0.3, 0.4) is 0 Å². The molecule has 0 fully saturated rings. The number of halogens is 1. The summed E-state index contributed by atoms with van der Waals surface area (Å²) in [5, 5.41) is 13.1. The number of hydrogen-bond acceptors (Lipinski definition) is 4. The fraction of sp³-hybridized carbons (Fsp3) is 0.375. The van der Waals surface area contributed by atoms with Crippen LogP contribution < -0.4 is 5.32 Å². The van der Waals surface area contributed by atoms with Crippen molar-refractivity contribution in [2.45, 2.75) is 58.1 Å². The van der Waals surface area contributed by atoms with Crippen LogP contribution in [0.1, 0.15) is 65.6 Å². The molecule has 7 heteroatoms. The number of hydrogen-bond donors (Lipinski definition) is 2. The molecule has 39 heavy (non-hydrogen) atoms. The van der Waals surface area contributed by atoms with Gasteiger partial charge in [-0.15, -0.1) is 0 Å². The van der Waals surface area contributed by atoms with Gasteiger partial charge in [-0.3, -0.25) is 4.79 Å². The summed E-state index contributed by atoms with van der Waals surface area (Å²) in [6, 6.07) is 20.5. The van der Waals surface area contributed by atoms with E-state index in [1.54, 1.807) is 17.8 Å². The molecule has 1 unspecified atom stereocenters. The first-order valence-corrected chi connectivity index (χ1v) is 15.2. The minimum absolute atomic E-state index is 0.203. The summed E-state index contributed by atoms with van der Waals surface area (Å²) in [6.07, 6.45) is 5.46. The number of carboxylic acids is 1. The molecule has 2 N–H and O–H groups in total. The van der Waals surface area contributed by atoms with Crippen molar-refractivity contribution in [1.82, 2.24) is 5.32 Å². The highest BCUT2D eigenvalue weighted by molar-refractivity contribution is 7.98. The zero-order valence-electron chi connectivity index (χ0n) is 22.9. The Morgan fingerprint density at radius 2 is 1.77 bits per heavy atom. The van der Waals surface area contributed by atoms with Crippen molar-refractivity contribution < 1.29 is 19.4 Å². The second kappa shape index (κ2) is 15.7. The number of aliphatic carboxylic acids is 1. The number of unbranched alkanes of at least 4 members (excludes halogenated alkanes) is 1. The summed E-state index contributed by atoms with van der Waals surface area (Å²) in [7, 11) is 0. The largest absolute Gasteiger partial charge is 0.480 e. The highest BCUT2D eigenvalue weighted by Gasteiger charge is 2.23. The molecule has 5 nitrogen and oxygen atoms in total. The third-order valence-electron chi connectivity index (χ3n) is 6.82. The van der Waals surface area contributed by atoms with Gasteiger partial charge in [0.2, 0.25) is 0 Å². The molecule has 208 valence electrons. The van der Waals surface area contributed by atoms with E-state index in [0.717, 1.165) is 52.1 Å². The van der Waals surface area contributed by atoms with Gasteiger partial charge in [0.1, 0.15) is 6.04 Å². The van der Waals surface area contributed by atoms with Crippen LogP contribution in [0.2, 0.25) is 5.02 Å². The van der Waals surface area contributed by atoms with Crippen LogP contribution >= 0.6 is 23.4 Å². The zero-order chi connectivity index (χ0) is 28.2. The van der Waals surface area contributed by atoms with E-state index in [0.29, 0.717) is 31.0 Å². The van der Waals surface area contributed by atoms with Crippen LogP contribution in [-0.4, -0.2) is 41.6 Å². The third-order valence-corrected chi connectivity index (χ3v) is 7.81. The van der Waals surface area contributed by atoms with Crippen LogP contribution in [0.5, 0.6) is 0 Å². The van der Waals surface area contributed by atoms with Gasteiger partial charge in [0.15, 0.2) is 0 Å². The van der Waals surface area contributed by atoms with Gasteiger partial charge in [0.25, 0.3) is 5.91 Å². The predicted octanol–water partition coefficient (Wildman–Crippen LogP) is 7.74. The van der Waals surface area contributed by atoms with E-state index in [2.05, 4.69) is 18.3 Å². The molecule has 0 radical (unpaired) electrons. The van der Waals surface area contributed by atoms with Gasteiger partial charge in [0, 0.05) is 16.5 Å². The summed E-state index contributed by atoms with van der Waals surface area (Å²) in [4.78, 5) is 25.1. The molecule has 1 amide bonds. The Hall–Kier alpha value is -2.80. The Morgan fingerprint density at radius 3 is 2.46 bits per heavy atom. The van der Waals surface area contributed by atoms with Crippen LogP contribution in [0, 0.1) is 6.92 Å². The summed E-state index contributed by atoms with van der Waals surface area (Å²) in [6.45, 7) is 5.11. The first-order valence-electron chi connectivity index (χ1n) is 13.4. The van der Waals surface area contributed by atoms with Crippen molar-refractivity contribution in [1.29, 1.82) is 0 Å². The maximum absolute atomic E-state index is 13.3. The monoisotopic (exact) mass is 567 g/mol. The van der Waals surface area contributed by atoms with Gasteiger partial charge in [0.05, 0.1) is 13.2 Å². The van der Waals surface area contributed by atoms with E-state index in [4.69, 9.17) is 16.3 Å². The molecule has 0 spiro atoms. The molecule has 0 aliphatic rings. The predicted molar refractivity (Wildman–Crippen MR) is 162 cm³/mol. The number of ether oxygens (including phenoxy) is 1. The summed E-state index contributed by atoms with van der Waals surface area (Å²) in [5.41, 5.74) is 5.21. The van der Waals surface area contributed by atoms with Gasteiger partial charge in [-0.25, -0.2) is 4.79 Å². The van der Waals surface area contributed by atoms with Gasteiger partial charge in [-0.05, 0) is 77.8 Å². The average Bonchev–Trinajstić information content (AvgIpc) is 2.93. The number of nitrogens with one attached hydrogen (secondary N) is 1. The second-order valence-electron chi connectivity index (χ2n) is 9.72. The lowest BCUT2D eigenvalue weighted by molar-refractivity contribution is -0.139. The van der Waals surface area contributed by atoms with Crippen LogP contribution in [0.25, 0.3) is 11.1 Å². The minimum atomic E-state index is -1.03. The van der Waals surface area contributed by atoms with Gasteiger partial charge in [-0.1, -0.05) is 79.9 Å². The van der Waals surface area contributed by atoms with E-state index in [1.807, 2.05) is 67.8 Å². The van der Waals surface area contributed by atoms with Crippen LogP contribution in [0.4, 0.5) is 0 Å². The molecule has 0 aliphatic carbocycles. The molecule has 0 saturated carbocycles. The Morgan fingerprint density at radius 1 is 1.03 bits per heavy atom. The number of carboxylic acid groups (broad SMARTS) is 1. The van der Waals surface area contributed by atoms with Crippen LogP contribution in [-0.2, 0) is 16.1 Å². The molecular weight excluding hydrogens is 530 g/mol. The molecule has 3 aromatic rings. The van der Waals surface area contributed by atoms with Crippen molar-refractivity contribution in [2.24, 2.45) is 0 Å². The Balaban J connectivity index is 1.83. The van der Waals surface area contributed by atoms with E-state index in [1.165, 1.54) is 0 Å². The first kappa shape index (κ1) is 30.7. The number of rotatable bonds is 15. The molecule has 0 saturated heterocycles. The Bertz CT molecular complexity index is 1250. The topological polar surface area (TPSA) is 75.6 Å². The van der Waals surface area contributed by atoms with E-state index in [-0.39, 0.29) is 5.92 Å². The zero-order valence-corrected chi connectivity index (χ0v) is 24.5. The lowest BCUT2D eigenvalue weighted by atomic mass is 9.93. The van der Waals surface area contributed by atoms with E-state index >= 15 is 0 Å². The maximum atomic E-state index is 13.3. The summed E-state index contributed by atoms with van der Waals surface area (Å²) in [5.74, 6) is -0.580. The smallest absolute Gasteiger partial charge is 0.326 e. The molecule has 2 atom stereocenters. The Kier molecular flexibility index (Phi) is 12.4. The van der Waals surface area contributed by atoms with Crippen molar-refractivity contribution in [2.75, 3.05) is 18.6 Å². The number of amides is 1. The van der Waals surface area contributed by atoms with Crippen LogP contribution in [0.15, 0.2) is 66.7 Å². The number of aryl methyl sites for hydroxylation is 1. The molecule has 3 aromatic carbocycles. The SMILES string of the molecule is CCCCC(COCc1ccc(C(=O)N[C@@H](CCSC)C(=O)O)c(-c2ccccc2C)c1)c1ccccc1Cl. The highest BCUT2D eigenvalue weighted by Crippen LogP contribution is 2.31. The number of carbonyl (C=O) groups excluding carboxylic acids is 1. The molecule has 3 rings (SSSR count). The number of thioether (sulfide) groups is 1.